The first-order valence-corrected chi connectivity index (χ1v) is 6.48. The first kappa shape index (κ1) is 12.9. The Bertz CT molecular complexity index is 439. The molecule has 0 saturated heterocycles. The standard InChI is InChI=1S/C10H14FNO3S/c1-8-4-2-5-9(11)10(8)12-16(14,15)7-3-6-13/h2,4-5,12-13H,3,6-7H2,1H3. The van der Waals surface area contributed by atoms with Crippen molar-refractivity contribution >= 4 is 15.7 Å². The van der Waals surface area contributed by atoms with Gasteiger partial charge in [-0.05, 0) is 25.0 Å². The Hall–Kier alpha value is -1.14. The summed E-state index contributed by atoms with van der Waals surface area (Å²) in [5, 5.41) is 8.54. The highest BCUT2D eigenvalue weighted by molar-refractivity contribution is 7.92. The van der Waals surface area contributed by atoms with Gasteiger partial charge in [-0.1, -0.05) is 12.1 Å². The number of hydrogen-bond donors (Lipinski definition) is 2. The van der Waals surface area contributed by atoms with Crippen LogP contribution in [-0.2, 0) is 10.0 Å². The van der Waals surface area contributed by atoms with Gasteiger partial charge in [0.25, 0.3) is 0 Å². The van der Waals surface area contributed by atoms with Crippen LogP contribution >= 0.6 is 0 Å². The Balaban J connectivity index is 2.88. The van der Waals surface area contributed by atoms with Crippen molar-refractivity contribution in [3.63, 3.8) is 0 Å². The summed E-state index contributed by atoms with van der Waals surface area (Å²) in [5.41, 5.74) is 0.494. The molecule has 2 N–H and O–H groups in total. The lowest BCUT2D eigenvalue weighted by Gasteiger charge is -2.10. The molecule has 16 heavy (non-hydrogen) atoms. The number of aryl methyl sites for hydroxylation is 1. The first-order valence-electron chi connectivity index (χ1n) is 4.83. The van der Waals surface area contributed by atoms with E-state index in [1.54, 1.807) is 13.0 Å². The second-order valence-corrected chi connectivity index (χ2v) is 5.27. The van der Waals surface area contributed by atoms with Gasteiger partial charge in [0.05, 0.1) is 11.4 Å². The highest BCUT2D eigenvalue weighted by Gasteiger charge is 2.14. The Morgan fingerprint density at radius 1 is 1.44 bits per heavy atom. The zero-order valence-electron chi connectivity index (χ0n) is 8.90. The van der Waals surface area contributed by atoms with E-state index in [0.29, 0.717) is 5.56 Å². The highest BCUT2D eigenvalue weighted by atomic mass is 32.2. The number of rotatable bonds is 5. The van der Waals surface area contributed by atoms with Gasteiger partial charge in [0.2, 0.25) is 10.0 Å². The van der Waals surface area contributed by atoms with Crippen molar-refractivity contribution in [1.82, 2.24) is 0 Å². The second kappa shape index (κ2) is 5.27. The minimum atomic E-state index is -3.59. The van der Waals surface area contributed by atoms with E-state index in [1.165, 1.54) is 12.1 Å². The van der Waals surface area contributed by atoms with E-state index >= 15 is 0 Å². The van der Waals surface area contributed by atoms with E-state index in [2.05, 4.69) is 4.72 Å². The van der Waals surface area contributed by atoms with E-state index in [9.17, 15) is 12.8 Å². The van der Waals surface area contributed by atoms with Crippen LogP contribution < -0.4 is 4.72 Å². The van der Waals surface area contributed by atoms with Crippen LogP contribution in [-0.4, -0.2) is 25.9 Å². The van der Waals surface area contributed by atoms with Crippen molar-refractivity contribution in [2.24, 2.45) is 0 Å². The molecule has 4 nitrogen and oxygen atoms in total. The maximum atomic E-state index is 13.3. The van der Waals surface area contributed by atoms with Crippen molar-refractivity contribution in [2.45, 2.75) is 13.3 Å². The van der Waals surface area contributed by atoms with E-state index in [4.69, 9.17) is 5.11 Å². The Labute approximate surface area is 94.2 Å². The molecule has 0 aliphatic carbocycles. The van der Waals surface area contributed by atoms with Crippen LogP contribution in [0.15, 0.2) is 18.2 Å². The summed E-state index contributed by atoms with van der Waals surface area (Å²) in [7, 11) is -3.59. The molecule has 0 spiro atoms. The SMILES string of the molecule is Cc1cccc(F)c1NS(=O)(=O)CCCO. The van der Waals surface area contributed by atoms with Gasteiger partial charge in [0.1, 0.15) is 5.82 Å². The average Bonchev–Trinajstić information content (AvgIpc) is 2.21. The number of sulfonamides is 1. The fraction of sp³-hybridized carbons (Fsp3) is 0.400. The molecule has 0 aliphatic heterocycles. The third kappa shape index (κ3) is 3.46. The molecule has 6 heteroatoms. The predicted molar refractivity (Wildman–Crippen MR) is 60.2 cm³/mol. The van der Waals surface area contributed by atoms with Crippen LogP contribution in [0.25, 0.3) is 0 Å². The van der Waals surface area contributed by atoms with Gasteiger partial charge >= 0.3 is 0 Å². The minimum Gasteiger partial charge on any atom is -0.396 e. The molecule has 0 bridgehead atoms. The maximum absolute atomic E-state index is 13.3. The van der Waals surface area contributed by atoms with E-state index in [1.807, 2.05) is 0 Å². The monoisotopic (exact) mass is 247 g/mol. The van der Waals surface area contributed by atoms with Crippen LogP contribution in [0.1, 0.15) is 12.0 Å². The number of nitrogens with one attached hydrogen (secondary N) is 1. The normalized spacial score (nSPS) is 11.4. The zero-order valence-corrected chi connectivity index (χ0v) is 9.72. The van der Waals surface area contributed by atoms with Crippen molar-refractivity contribution in [3.05, 3.63) is 29.6 Å². The topological polar surface area (TPSA) is 66.4 Å². The Kier molecular flexibility index (Phi) is 4.26. The number of aliphatic hydroxyl groups excluding tert-OH is 1. The fourth-order valence-corrected chi connectivity index (χ4v) is 2.40. The summed E-state index contributed by atoms with van der Waals surface area (Å²) in [6, 6.07) is 4.32. The van der Waals surface area contributed by atoms with Gasteiger partial charge in [0.15, 0.2) is 0 Å². The summed E-state index contributed by atoms with van der Waals surface area (Å²) in [5.74, 6) is -0.829. The molecule has 0 aliphatic rings. The Morgan fingerprint density at radius 2 is 2.12 bits per heavy atom. The Morgan fingerprint density at radius 3 is 2.69 bits per heavy atom. The van der Waals surface area contributed by atoms with Gasteiger partial charge in [-0.2, -0.15) is 0 Å². The molecule has 0 atom stereocenters. The van der Waals surface area contributed by atoms with E-state index < -0.39 is 15.8 Å². The van der Waals surface area contributed by atoms with Crippen molar-refractivity contribution < 1.29 is 17.9 Å². The number of aliphatic hydroxyl groups is 1. The lowest BCUT2D eigenvalue weighted by molar-refractivity contribution is 0.295. The third-order valence-electron chi connectivity index (χ3n) is 2.05. The molecule has 0 aromatic heterocycles. The molecule has 0 fully saturated rings. The number of benzene rings is 1. The number of anilines is 1. The largest absolute Gasteiger partial charge is 0.396 e. The van der Waals surface area contributed by atoms with Crippen molar-refractivity contribution in [2.75, 3.05) is 17.1 Å². The van der Waals surface area contributed by atoms with Crippen LogP contribution in [0.5, 0.6) is 0 Å². The number of para-hydroxylation sites is 1. The molecule has 1 aromatic carbocycles. The molecule has 1 rings (SSSR count). The van der Waals surface area contributed by atoms with Crippen LogP contribution in [0.4, 0.5) is 10.1 Å². The lowest BCUT2D eigenvalue weighted by Crippen LogP contribution is -2.18. The smallest absolute Gasteiger partial charge is 0.232 e. The summed E-state index contributed by atoms with van der Waals surface area (Å²) < 4.78 is 38.5. The lowest BCUT2D eigenvalue weighted by atomic mass is 10.2. The summed E-state index contributed by atoms with van der Waals surface area (Å²) in [4.78, 5) is 0. The third-order valence-corrected chi connectivity index (χ3v) is 3.39. The van der Waals surface area contributed by atoms with Gasteiger partial charge in [-0.15, -0.1) is 0 Å². The minimum absolute atomic E-state index is 0.0274. The second-order valence-electron chi connectivity index (χ2n) is 3.43. The molecule has 0 heterocycles. The fourth-order valence-electron chi connectivity index (χ4n) is 1.22. The van der Waals surface area contributed by atoms with E-state index in [-0.39, 0.29) is 24.5 Å². The predicted octanol–water partition coefficient (Wildman–Crippen LogP) is 1.26. The summed E-state index contributed by atoms with van der Waals surface area (Å²) in [6.45, 7) is 1.41. The van der Waals surface area contributed by atoms with Crippen LogP contribution in [0.3, 0.4) is 0 Å². The molecule has 0 saturated carbocycles. The highest BCUT2D eigenvalue weighted by Crippen LogP contribution is 2.20. The van der Waals surface area contributed by atoms with Gasteiger partial charge in [-0.25, -0.2) is 12.8 Å². The summed E-state index contributed by atoms with van der Waals surface area (Å²) in [6.07, 6.45) is 0.128. The molecule has 0 unspecified atom stereocenters. The van der Waals surface area contributed by atoms with Gasteiger partial charge in [0, 0.05) is 6.61 Å². The molecule has 1 aromatic rings. The van der Waals surface area contributed by atoms with Crippen molar-refractivity contribution in [1.29, 1.82) is 0 Å². The number of hydrogen-bond acceptors (Lipinski definition) is 3. The molecule has 0 amide bonds. The van der Waals surface area contributed by atoms with Crippen LogP contribution in [0.2, 0.25) is 0 Å². The van der Waals surface area contributed by atoms with Crippen LogP contribution in [0, 0.1) is 12.7 Å². The molecule has 90 valence electrons. The zero-order chi connectivity index (χ0) is 12.2. The first-order chi connectivity index (χ1) is 7.46. The maximum Gasteiger partial charge on any atom is 0.232 e. The molecule has 0 radical (unpaired) electrons. The average molecular weight is 247 g/mol. The molecular formula is C10H14FNO3S. The van der Waals surface area contributed by atoms with Crippen molar-refractivity contribution in [3.8, 4) is 0 Å². The van der Waals surface area contributed by atoms with E-state index in [0.717, 1.165) is 0 Å². The quantitative estimate of drug-likeness (QED) is 0.823. The molecular weight excluding hydrogens is 233 g/mol. The number of halogens is 1. The van der Waals surface area contributed by atoms with Gasteiger partial charge in [-0.3, -0.25) is 4.72 Å². The summed E-state index contributed by atoms with van der Waals surface area (Å²) >= 11 is 0. The van der Waals surface area contributed by atoms with Gasteiger partial charge < -0.3 is 5.11 Å².